The van der Waals surface area contributed by atoms with Crippen LogP contribution in [0, 0.1) is 0 Å². The van der Waals surface area contributed by atoms with Crippen LogP contribution in [0.4, 0.5) is 0 Å². The van der Waals surface area contributed by atoms with Crippen molar-refractivity contribution in [2.45, 2.75) is 296 Å². The second kappa shape index (κ2) is 50.2. The van der Waals surface area contributed by atoms with Crippen molar-refractivity contribution in [1.82, 2.24) is 0 Å². The Bertz CT molecular complexity index is 1150. The number of carboxylic acid groups (broad SMARTS) is 1. The van der Waals surface area contributed by atoms with Crippen molar-refractivity contribution in [3.63, 3.8) is 0 Å². The van der Waals surface area contributed by atoms with Crippen LogP contribution in [0.2, 0.25) is 0 Å². The molecule has 0 amide bonds. The van der Waals surface area contributed by atoms with E-state index in [4.69, 9.17) is 14.2 Å². The number of esters is 2. The summed E-state index contributed by atoms with van der Waals surface area (Å²) in [6.45, 7) is 4.70. The largest absolute Gasteiger partial charge is 0.477 e. The van der Waals surface area contributed by atoms with Crippen molar-refractivity contribution in [1.29, 1.82) is 0 Å². The Morgan fingerprint density at radius 2 is 0.836 bits per heavy atom. The lowest BCUT2D eigenvalue weighted by atomic mass is 10.0. The maximum absolute atomic E-state index is 12.8. The third kappa shape index (κ3) is 48.6. The number of hydrogen-bond donors (Lipinski definition) is 1. The summed E-state index contributed by atoms with van der Waals surface area (Å²) in [5.41, 5.74) is 0. The number of unbranched alkanes of at least 4 members (excludes halogenated alkanes) is 35. The molecule has 0 radical (unpaired) electrons. The average Bonchev–Trinajstić information content (AvgIpc) is 3.29. The number of quaternary nitrogens is 1. The third-order valence-electron chi connectivity index (χ3n) is 13.4. The number of nitrogens with zero attached hydrogens (tertiary/aromatic N) is 1. The van der Waals surface area contributed by atoms with Gasteiger partial charge >= 0.3 is 17.9 Å². The summed E-state index contributed by atoms with van der Waals surface area (Å²) in [4.78, 5) is 37.3. The van der Waals surface area contributed by atoms with Gasteiger partial charge in [0.25, 0.3) is 0 Å². The molecule has 2 unspecified atom stereocenters. The van der Waals surface area contributed by atoms with Gasteiger partial charge < -0.3 is 23.8 Å². The summed E-state index contributed by atoms with van der Waals surface area (Å²) in [5.74, 6) is -1.44. The van der Waals surface area contributed by atoms with E-state index in [1.165, 1.54) is 199 Å². The standard InChI is InChI=1S/C59H111NO7/c1-6-8-10-12-14-16-18-20-22-24-26-28-30-32-34-36-38-40-42-44-46-48-50-58(62)67-55(53-65-52-51-56(59(63)64)60(3,4)5)54-66-57(61)49-47-45-43-41-39-37-35-33-31-29-27-25-23-21-19-17-15-13-11-9-7-2/h9,11,15,17,55-56H,6-8,10,12-14,16,18-54H2,1-5H3/p+1/b11-9+,17-15+. The maximum atomic E-state index is 12.8. The molecule has 67 heavy (non-hydrogen) atoms. The number of aliphatic carboxylic acids is 1. The lowest BCUT2D eigenvalue weighted by Gasteiger charge is -2.31. The van der Waals surface area contributed by atoms with Gasteiger partial charge in [0.15, 0.2) is 12.1 Å². The summed E-state index contributed by atoms with van der Waals surface area (Å²) in [6.07, 6.45) is 59.6. The molecule has 0 heterocycles. The van der Waals surface area contributed by atoms with Gasteiger partial charge in [-0.05, 0) is 38.5 Å². The number of allylic oxidation sites excluding steroid dienone is 4. The first-order valence-corrected chi connectivity index (χ1v) is 28.9. The fourth-order valence-electron chi connectivity index (χ4n) is 8.96. The zero-order valence-corrected chi connectivity index (χ0v) is 45.1. The second-order valence-electron chi connectivity index (χ2n) is 20.9. The first-order chi connectivity index (χ1) is 32.6. The molecular weight excluding hydrogens is 835 g/mol. The van der Waals surface area contributed by atoms with Crippen LogP contribution in [0.25, 0.3) is 0 Å². The molecule has 0 spiro atoms. The van der Waals surface area contributed by atoms with E-state index in [1.807, 2.05) is 21.1 Å². The van der Waals surface area contributed by atoms with Crippen molar-refractivity contribution < 1.29 is 38.2 Å². The monoisotopic (exact) mass is 947 g/mol. The highest BCUT2D eigenvalue weighted by molar-refractivity contribution is 5.72. The van der Waals surface area contributed by atoms with Crippen molar-refractivity contribution in [2.75, 3.05) is 41.0 Å². The van der Waals surface area contributed by atoms with Crippen LogP contribution in [-0.4, -0.2) is 80.6 Å². The zero-order chi connectivity index (χ0) is 49.2. The molecule has 8 heteroatoms. The molecular formula is C59H112NO7+. The molecule has 394 valence electrons. The van der Waals surface area contributed by atoms with Gasteiger partial charge in [0.2, 0.25) is 0 Å². The Hall–Kier alpha value is -2.19. The number of likely N-dealkylation sites (N-methyl/N-ethyl adjacent to an activating group) is 1. The number of ether oxygens (including phenoxy) is 3. The van der Waals surface area contributed by atoms with E-state index in [0.717, 1.165) is 51.4 Å². The first kappa shape index (κ1) is 64.8. The maximum Gasteiger partial charge on any atom is 0.362 e. The summed E-state index contributed by atoms with van der Waals surface area (Å²) < 4.78 is 17.4. The Labute approximate surface area is 415 Å². The molecule has 0 saturated heterocycles. The number of rotatable bonds is 53. The van der Waals surface area contributed by atoms with Gasteiger partial charge in [-0.15, -0.1) is 0 Å². The van der Waals surface area contributed by atoms with Crippen LogP contribution >= 0.6 is 0 Å². The van der Waals surface area contributed by atoms with Crippen LogP contribution in [0.1, 0.15) is 284 Å². The molecule has 0 aromatic rings. The summed E-state index contributed by atoms with van der Waals surface area (Å²) in [7, 11) is 5.56. The Balaban J connectivity index is 4.12. The van der Waals surface area contributed by atoms with Gasteiger partial charge in [0.05, 0.1) is 34.4 Å². The Kier molecular flexibility index (Phi) is 48.6. The van der Waals surface area contributed by atoms with Crippen molar-refractivity contribution in [2.24, 2.45) is 0 Å². The van der Waals surface area contributed by atoms with E-state index in [2.05, 4.69) is 38.2 Å². The molecule has 0 aliphatic heterocycles. The molecule has 0 aliphatic carbocycles. The van der Waals surface area contributed by atoms with E-state index in [9.17, 15) is 19.5 Å². The minimum absolute atomic E-state index is 0.0450. The molecule has 0 aromatic carbocycles. The van der Waals surface area contributed by atoms with E-state index in [0.29, 0.717) is 19.3 Å². The predicted molar refractivity (Wildman–Crippen MR) is 285 cm³/mol. The van der Waals surface area contributed by atoms with E-state index >= 15 is 0 Å². The van der Waals surface area contributed by atoms with Crippen LogP contribution in [0.5, 0.6) is 0 Å². The number of carboxylic acids is 1. The van der Waals surface area contributed by atoms with Gasteiger partial charge in [0.1, 0.15) is 6.61 Å². The summed E-state index contributed by atoms with van der Waals surface area (Å²) in [5, 5.41) is 9.68. The highest BCUT2D eigenvalue weighted by Crippen LogP contribution is 2.18. The third-order valence-corrected chi connectivity index (χ3v) is 13.4. The normalized spacial score (nSPS) is 12.9. The van der Waals surface area contributed by atoms with Gasteiger partial charge in [-0.2, -0.15) is 0 Å². The molecule has 0 bridgehead atoms. The molecule has 1 N–H and O–H groups in total. The van der Waals surface area contributed by atoms with Gasteiger partial charge in [0, 0.05) is 19.3 Å². The second-order valence-corrected chi connectivity index (χ2v) is 20.9. The number of hydrogen-bond acceptors (Lipinski definition) is 6. The number of carbonyl (C=O) groups is 3. The van der Waals surface area contributed by atoms with Crippen LogP contribution in [0.3, 0.4) is 0 Å². The smallest absolute Gasteiger partial charge is 0.362 e. The Morgan fingerprint density at radius 3 is 1.22 bits per heavy atom. The molecule has 8 nitrogen and oxygen atoms in total. The highest BCUT2D eigenvalue weighted by Gasteiger charge is 2.31. The summed E-state index contributed by atoms with van der Waals surface area (Å²) in [6, 6.07) is -0.612. The van der Waals surface area contributed by atoms with E-state index in [1.54, 1.807) is 0 Å². The summed E-state index contributed by atoms with van der Waals surface area (Å²) >= 11 is 0. The molecule has 2 atom stereocenters. The molecule has 0 aromatic heterocycles. The molecule has 0 fully saturated rings. The van der Waals surface area contributed by atoms with Crippen LogP contribution in [-0.2, 0) is 28.6 Å². The predicted octanol–water partition coefficient (Wildman–Crippen LogP) is 17.2. The van der Waals surface area contributed by atoms with Gasteiger partial charge in [-0.3, -0.25) is 9.59 Å². The van der Waals surface area contributed by atoms with E-state index < -0.39 is 18.1 Å². The first-order valence-electron chi connectivity index (χ1n) is 28.9. The minimum Gasteiger partial charge on any atom is -0.477 e. The van der Waals surface area contributed by atoms with Crippen molar-refractivity contribution in [3.8, 4) is 0 Å². The topological polar surface area (TPSA) is 99.1 Å². The zero-order valence-electron chi connectivity index (χ0n) is 45.1. The van der Waals surface area contributed by atoms with Gasteiger partial charge in [-0.1, -0.05) is 250 Å². The minimum atomic E-state index is -0.870. The fraction of sp³-hybridized carbons (Fsp3) is 0.881. The molecule has 0 saturated carbocycles. The lowest BCUT2D eigenvalue weighted by molar-refractivity contribution is -0.887. The molecule has 0 aliphatic rings. The fourth-order valence-corrected chi connectivity index (χ4v) is 8.96. The quantitative estimate of drug-likeness (QED) is 0.0281. The van der Waals surface area contributed by atoms with Gasteiger partial charge in [-0.25, -0.2) is 4.79 Å². The van der Waals surface area contributed by atoms with Crippen molar-refractivity contribution in [3.05, 3.63) is 24.3 Å². The van der Waals surface area contributed by atoms with Crippen LogP contribution < -0.4 is 0 Å². The lowest BCUT2D eigenvalue weighted by Crippen LogP contribution is -2.50. The molecule has 0 rings (SSSR count). The average molecular weight is 948 g/mol. The van der Waals surface area contributed by atoms with E-state index in [-0.39, 0.29) is 36.2 Å². The SMILES string of the molecule is CC/C=C/C/C=C/CCCCCCCCCCCCCCCCC(=O)OCC(COCCC(C(=O)O)[N+](C)(C)C)OC(=O)CCCCCCCCCCCCCCCCCCCCCCCC. The Morgan fingerprint density at radius 1 is 0.463 bits per heavy atom. The van der Waals surface area contributed by atoms with Crippen molar-refractivity contribution >= 4 is 17.9 Å². The van der Waals surface area contributed by atoms with Crippen LogP contribution in [0.15, 0.2) is 24.3 Å². The highest BCUT2D eigenvalue weighted by atomic mass is 16.6. The number of carbonyl (C=O) groups excluding carboxylic acids is 2.